The number of nitrogens with zero attached hydrogens (tertiary/aromatic N) is 1. The monoisotopic (exact) mass is 249 g/mol. The van der Waals surface area contributed by atoms with Gasteiger partial charge in [-0.05, 0) is 28.8 Å². The molecule has 0 radical (unpaired) electrons. The molecule has 13 heavy (non-hydrogen) atoms. The van der Waals surface area contributed by atoms with Gasteiger partial charge < -0.3 is 4.90 Å². The van der Waals surface area contributed by atoms with E-state index in [1.165, 1.54) is 0 Å². The maximum atomic E-state index is 13.5. The number of fused-ring (bicyclic) bond motifs is 1. The molecule has 2 nitrogen and oxygen atoms in total. The Hall–Kier alpha value is -0.120. The van der Waals surface area contributed by atoms with E-state index in [-0.39, 0.29) is 11.9 Å². The van der Waals surface area contributed by atoms with Gasteiger partial charge in [0.2, 0.25) is 5.91 Å². The summed E-state index contributed by atoms with van der Waals surface area (Å²) in [6.07, 6.45) is 3.41. The van der Waals surface area contributed by atoms with Gasteiger partial charge in [-0.15, -0.1) is 0 Å². The molecule has 0 aliphatic carbocycles. The summed E-state index contributed by atoms with van der Waals surface area (Å²) in [5.74, 6) is 0.208. The third-order valence-corrected chi connectivity index (χ3v) is 3.66. The van der Waals surface area contributed by atoms with E-state index in [0.717, 1.165) is 12.8 Å². The van der Waals surface area contributed by atoms with Crippen molar-refractivity contribution >= 4 is 21.8 Å². The minimum Gasteiger partial charge on any atom is -0.339 e. The van der Waals surface area contributed by atoms with Crippen molar-refractivity contribution in [3.63, 3.8) is 0 Å². The lowest BCUT2D eigenvalue weighted by molar-refractivity contribution is -0.139. The average molecular weight is 250 g/mol. The number of hydrogen-bond donors (Lipinski definition) is 0. The number of halogens is 2. The normalized spacial score (nSPS) is 40.3. The van der Waals surface area contributed by atoms with E-state index in [1.807, 2.05) is 4.90 Å². The van der Waals surface area contributed by atoms with Crippen molar-refractivity contribution in [1.29, 1.82) is 0 Å². The van der Waals surface area contributed by atoms with Crippen LogP contribution in [0.15, 0.2) is 0 Å². The second-order valence-electron chi connectivity index (χ2n) is 3.94. The summed E-state index contributed by atoms with van der Waals surface area (Å²) in [6.45, 7) is 0.575. The Balaban J connectivity index is 2.08. The van der Waals surface area contributed by atoms with Crippen LogP contribution in [0.4, 0.5) is 4.39 Å². The topological polar surface area (TPSA) is 20.3 Å². The highest BCUT2D eigenvalue weighted by molar-refractivity contribution is 9.10. The zero-order valence-corrected chi connectivity index (χ0v) is 9.02. The molecule has 1 amide bonds. The average Bonchev–Trinajstić information content (AvgIpc) is 2.02. The van der Waals surface area contributed by atoms with Gasteiger partial charge in [-0.2, -0.15) is 0 Å². The lowest BCUT2D eigenvalue weighted by atomic mass is 9.92. The number of alkyl halides is 2. The summed E-state index contributed by atoms with van der Waals surface area (Å²) in [7, 11) is 0. The molecule has 4 heteroatoms. The lowest BCUT2D eigenvalue weighted by Gasteiger charge is -2.43. The van der Waals surface area contributed by atoms with Gasteiger partial charge >= 0.3 is 0 Å². The highest BCUT2D eigenvalue weighted by Crippen LogP contribution is 2.39. The van der Waals surface area contributed by atoms with Gasteiger partial charge in [-0.1, -0.05) is 0 Å². The van der Waals surface area contributed by atoms with Crippen molar-refractivity contribution < 1.29 is 9.18 Å². The maximum Gasteiger partial charge on any atom is 0.222 e. The van der Waals surface area contributed by atoms with Crippen molar-refractivity contribution in [2.24, 2.45) is 0 Å². The first-order chi connectivity index (χ1) is 6.08. The van der Waals surface area contributed by atoms with Crippen LogP contribution in [0.1, 0.15) is 32.1 Å². The molecule has 2 aliphatic heterocycles. The van der Waals surface area contributed by atoms with Gasteiger partial charge in [0, 0.05) is 31.8 Å². The number of hydrogen-bond acceptors (Lipinski definition) is 1. The third-order valence-electron chi connectivity index (χ3n) is 2.94. The fourth-order valence-corrected chi connectivity index (χ4v) is 2.79. The summed E-state index contributed by atoms with van der Waals surface area (Å²) in [4.78, 5) is 13.3. The second kappa shape index (κ2) is 3.23. The van der Waals surface area contributed by atoms with Gasteiger partial charge in [-0.3, -0.25) is 4.79 Å². The Morgan fingerprint density at radius 2 is 2.38 bits per heavy atom. The van der Waals surface area contributed by atoms with Crippen molar-refractivity contribution in [1.82, 2.24) is 4.90 Å². The van der Waals surface area contributed by atoms with Crippen LogP contribution >= 0.6 is 15.9 Å². The van der Waals surface area contributed by atoms with E-state index in [0.29, 0.717) is 25.8 Å². The molecular formula is C9H13BrFNO. The summed E-state index contributed by atoms with van der Waals surface area (Å²) in [5, 5.41) is 0. The molecule has 2 atom stereocenters. The van der Waals surface area contributed by atoms with E-state index >= 15 is 0 Å². The first-order valence-corrected chi connectivity index (χ1v) is 5.55. The van der Waals surface area contributed by atoms with Crippen LogP contribution in [0, 0.1) is 0 Å². The van der Waals surface area contributed by atoms with Crippen LogP contribution in [0.3, 0.4) is 0 Å². The van der Waals surface area contributed by atoms with Gasteiger partial charge in [-0.25, -0.2) is 4.39 Å². The first-order valence-electron chi connectivity index (χ1n) is 4.76. The zero-order chi connectivity index (χ0) is 9.47. The molecule has 0 aromatic carbocycles. The van der Waals surface area contributed by atoms with E-state index in [4.69, 9.17) is 0 Å². The smallest absolute Gasteiger partial charge is 0.222 e. The molecule has 0 unspecified atom stereocenters. The largest absolute Gasteiger partial charge is 0.339 e. The predicted molar refractivity (Wildman–Crippen MR) is 51.4 cm³/mol. The van der Waals surface area contributed by atoms with Crippen LogP contribution in [0.2, 0.25) is 0 Å². The number of rotatable bonds is 0. The Morgan fingerprint density at radius 3 is 3.15 bits per heavy atom. The minimum absolute atomic E-state index is 0.138. The Kier molecular flexibility index (Phi) is 2.34. The van der Waals surface area contributed by atoms with E-state index in [1.54, 1.807) is 0 Å². The molecule has 0 N–H and O–H groups in total. The zero-order valence-electron chi connectivity index (χ0n) is 7.43. The predicted octanol–water partition coefficient (Wildman–Crippen LogP) is 2.22. The summed E-state index contributed by atoms with van der Waals surface area (Å²) in [5.41, 5.74) is 0. The molecule has 0 spiro atoms. The molecule has 0 aromatic rings. The number of carbonyl (C=O) groups is 1. The molecule has 0 bridgehead atoms. The van der Waals surface area contributed by atoms with Crippen molar-refractivity contribution in [2.45, 2.75) is 42.7 Å². The Labute approximate surface area is 85.6 Å². The lowest BCUT2D eigenvalue weighted by Crippen LogP contribution is -2.51. The number of carbonyl (C=O) groups excluding carboxylic acids is 1. The fourth-order valence-electron chi connectivity index (χ4n) is 2.24. The van der Waals surface area contributed by atoms with Gasteiger partial charge in [0.25, 0.3) is 0 Å². The molecule has 2 fully saturated rings. The standard InChI is InChI=1S/C9H13BrFNO/c10-9(11)4-5-12-7(6-9)2-1-3-8(12)13/h7H,1-6H2/t7-,9+/m0/s1. The van der Waals surface area contributed by atoms with Crippen LogP contribution < -0.4 is 0 Å². The third kappa shape index (κ3) is 1.87. The van der Waals surface area contributed by atoms with Crippen LogP contribution in [-0.2, 0) is 4.79 Å². The van der Waals surface area contributed by atoms with E-state index in [9.17, 15) is 9.18 Å². The van der Waals surface area contributed by atoms with Crippen LogP contribution in [0.5, 0.6) is 0 Å². The second-order valence-corrected chi connectivity index (χ2v) is 5.36. The molecule has 2 rings (SSSR count). The molecule has 0 saturated carbocycles. The molecule has 2 heterocycles. The van der Waals surface area contributed by atoms with Gasteiger partial charge in [0.05, 0.1) is 0 Å². The maximum absolute atomic E-state index is 13.5. The highest BCUT2D eigenvalue weighted by atomic mass is 79.9. The quantitative estimate of drug-likeness (QED) is 0.603. The van der Waals surface area contributed by atoms with Crippen LogP contribution in [-0.4, -0.2) is 28.0 Å². The number of piperidine rings is 2. The Morgan fingerprint density at radius 1 is 1.62 bits per heavy atom. The summed E-state index contributed by atoms with van der Waals surface area (Å²) >= 11 is 3.07. The van der Waals surface area contributed by atoms with E-state index < -0.39 is 4.58 Å². The highest BCUT2D eigenvalue weighted by Gasteiger charge is 2.41. The first kappa shape index (κ1) is 9.44. The van der Waals surface area contributed by atoms with Crippen molar-refractivity contribution in [2.75, 3.05) is 6.54 Å². The molecule has 0 aromatic heterocycles. The van der Waals surface area contributed by atoms with Crippen LogP contribution in [0.25, 0.3) is 0 Å². The molecular weight excluding hydrogens is 237 g/mol. The van der Waals surface area contributed by atoms with Gasteiger partial charge in [0.1, 0.15) is 0 Å². The summed E-state index contributed by atoms with van der Waals surface area (Å²) in [6, 6.07) is 0.138. The minimum atomic E-state index is -1.23. The Bertz CT molecular complexity index is 232. The molecule has 74 valence electrons. The molecule has 2 aliphatic rings. The molecule has 2 saturated heterocycles. The SMILES string of the molecule is O=C1CCC[C@H]2C[C@@](F)(Br)CCN12. The van der Waals surface area contributed by atoms with Crippen molar-refractivity contribution in [3.8, 4) is 0 Å². The fraction of sp³-hybridized carbons (Fsp3) is 0.889. The van der Waals surface area contributed by atoms with Crippen molar-refractivity contribution in [3.05, 3.63) is 0 Å². The number of amides is 1. The van der Waals surface area contributed by atoms with E-state index in [2.05, 4.69) is 15.9 Å². The summed E-state index contributed by atoms with van der Waals surface area (Å²) < 4.78 is 12.3. The van der Waals surface area contributed by atoms with Gasteiger partial charge in [0.15, 0.2) is 4.58 Å².